The maximum atomic E-state index is 13.4. The lowest BCUT2D eigenvalue weighted by Crippen LogP contribution is -2.09. The lowest BCUT2D eigenvalue weighted by Gasteiger charge is -2.06. The second kappa shape index (κ2) is 6.14. The van der Waals surface area contributed by atoms with Gasteiger partial charge < -0.3 is 10.1 Å². The number of nitrogens with zero attached hydrogens (tertiary/aromatic N) is 1. The highest BCUT2D eigenvalue weighted by molar-refractivity contribution is 7.17. The number of rotatable bonds is 2. The van der Waals surface area contributed by atoms with E-state index < -0.39 is 5.56 Å². The van der Waals surface area contributed by atoms with Gasteiger partial charge in [-0.2, -0.15) is 5.26 Å². The first-order chi connectivity index (χ1) is 12.6. The highest BCUT2D eigenvalue weighted by Gasteiger charge is 2.17. The molecule has 26 heavy (non-hydrogen) atoms. The van der Waals surface area contributed by atoms with E-state index in [1.165, 1.54) is 23.5 Å². The molecule has 0 radical (unpaired) electrons. The van der Waals surface area contributed by atoms with Gasteiger partial charge in [-0.05, 0) is 28.8 Å². The second-order valence-corrected chi connectivity index (χ2v) is 6.61. The molecule has 0 amide bonds. The van der Waals surface area contributed by atoms with Gasteiger partial charge in [0.2, 0.25) is 0 Å². The predicted molar refractivity (Wildman–Crippen MR) is 99.7 cm³/mol. The average molecular weight is 362 g/mol. The molecular formula is C20H11FN2O2S. The van der Waals surface area contributed by atoms with Crippen LogP contribution in [0.2, 0.25) is 0 Å². The first kappa shape index (κ1) is 16.1. The molecule has 2 heterocycles. The number of halogens is 1. The molecule has 0 spiro atoms. The fourth-order valence-electron chi connectivity index (χ4n) is 2.91. The number of nitriles is 1. The summed E-state index contributed by atoms with van der Waals surface area (Å²) in [5.41, 5.74) is 2.28. The zero-order valence-corrected chi connectivity index (χ0v) is 14.1. The molecule has 0 aliphatic heterocycles. The van der Waals surface area contributed by atoms with Gasteiger partial charge in [0.25, 0.3) is 5.56 Å². The highest BCUT2D eigenvalue weighted by Crippen LogP contribution is 2.39. The van der Waals surface area contributed by atoms with E-state index in [4.69, 9.17) is 5.26 Å². The minimum atomic E-state index is -0.604. The van der Waals surface area contributed by atoms with Gasteiger partial charge in [0, 0.05) is 10.9 Å². The van der Waals surface area contributed by atoms with Gasteiger partial charge in [0.15, 0.2) is 5.56 Å². The van der Waals surface area contributed by atoms with E-state index in [2.05, 4.69) is 4.98 Å². The molecule has 4 rings (SSSR count). The number of aromatic hydroxyl groups is 1. The highest BCUT2D eigenvalue weighted by atomic mass is 32.1. The number of nitrogens with one attached hydrogen (secondary N) is 1. The van der Waals surface area contributed by atoms with Gasteiger partial charge >= 0.3 is 0 Å². The normalized spacial score (nSPS) is 10.8. The molecule has 2 N–H and O–H groups in total. The number of aromatic nitrogens is 1. The third-order valence-electron chi connectivity index (χ3n) is 4.18. The molecule has 0 saturated heterocycles. The Hall–Kier alpha value is -3.43. The van der Waals surface area contributed by atoms with E-state index in [9.17, 15) is 14.3 Å². The summed E-state index contributed by atoms with van der Waals surface area (Å²) in [6.45, 7) is 0. The van der Waals surface area contributed by atoms with Crippen molar-refractivity contribution in [3.63, 3.8) is 0 Å². The molecule has 0 aliphatic rings. The summed E-state index contributed by atoms with van der Waals surface area (Å²) >= 11 is 1.28. The molecule has 0 bridgehead atoms. The molecule has 0 saturated carbocycles. The van der Waals surface area contributed by atoms with E-state index in [1.54, 1.807) is 12.1 Å². The minimum absolute atomic E-state index is 0.298. The van der Waals surface area contributed by atoms with E-state index >= 15 is 0 Å². The fraction of sp³-hybridized carbons (Fsp3) is 0. The summed E-state index contributed by atoms with van der Waals surface area (Å²) in [5.74, 6) is -0.606. The van der Waals surface area contributed by atoms with Crippen molar-refractivity contribution in [2.75, 3.05) is 0 Å². The molecule has 4 nitrogen and oxygen atoms in total. The molecule has 6 heteroatoms. The fourth-order valence-corrected chi connectivity index (χ4v) is 3.88. The third kappa shape index (κ3) is 2.55. The SMILES string of the molecule is N#Cc1c(O)c2c(-c3ccc(-c4cccc(F)c4)cc3)csc2[nH]c1=O. The summed E-state index contributed by atoms with van der Waals surface area (Å²) in [6, 6.07) is 15.5. The van der Waals surface area contributed by atoms with Gasteiger partial charge in [-0.1, -0.05) is 36.4 Å². The Bertz CT molecular complexity index is 1230. The van der Waals surface area contributed by atoms with Gasteiger partial charge in [0.05, 0.1) is 5.39 Å². The number of aromatic amines is 1. The molecule has 0 unspecified atom stereocenters. The summed E-state index contributed by atoms with van der Waals surface area (Å²) in [7, 11) is 0. The summed E-state index contributed by atoms with van der Waals surface area (Å²) in [6.07, 6.45) is 0. The van der Waals surface area contributed by atoms with Crippen LogP contribution in [0.25, 0.3) is 32.5 Å². The molecule has 0 fully saturated rings. The molecule has 4 aromatic rings. The van der Waals surface area contributed by atoms with Gasteiger partial charge in [-0.15, -0.1) is 11.3 Å². The van der Waals surface area contributed by atoms with Crippen LogP contribution in [0.3, 0.4) is 0 Å². The Morgan fingerprint density at radius 1 is 1.08 bits per heavy atom. The quantitative estimate of drug-likeness (QED) is 0.545. The van der Waals surface area contributed by atoms with Gasteiger partial charge in [0.1, 0.15) is 22.5 Å². The maximum Gasteiger partial charge on any atom is 0.270 e. The topological polar surface area (TPSA) is 76.9 Å². The largest absolute Gasteiger partial charge is 0.506 e. The van der Waals surface area contributed by atoms with Crippen molar-refractivity contribution in [2.45, 2.75) is 0 Å². The molecule has 126 valence electrons. The standard InChI is InChI=1S/C20H11FN2O2S/c21-14-3-1-2-13(8-14)11-4-6-12(7-5-11)16-10-26-20-17(16)18(24)15(9-22)19(25)23-20/h1-8,10H,(H2,23,24,25). The van der Waals surface area contributed by atoms with E-state index in [0.29, 0.717) is 10.2 Å². The van der Waals surface area contributed by atoms with Crippen LogP contribution in [-0.4, -0.2) is 10.1 Å². The van der Waals surface area contributed by atoms with E-state index in [-0.39, 0.29) is 17.1 Å². The number of hydrogen-bond acceptors (Lipinski definition) is 4. The Balaban J connectivity index is 1.84. The Morgan fingerprint density at radius 3 is 2.50 bits per heavy atom. The van der Waals surface area contributed by atoms with Crippen LogP contribution in [0.1, 0.15) is 5.56 Å². The lowest BCUT2D eigenvalue weighted by atomic mass is 9.99. The van der Waals surface area contributed by atoms with Crippen molar-refractivity contribution in [1.29, 1.82) is 5.26 Å². The number of benzene rings is 2. The minimum Gasteiger partial charge on any atom is -0.506 e. The second-order valence-electron chi connectivity index (χ2n) is 5.73. The smallest absolute Gasteiger partial charge is 0.270 e. The zero-order valence-electron chi connectivity index (χ0n) is 13.3. The average Bonchev–Trinajstić information content (AvgIpc) is 3.06. The molecule has 0 aliphatic carbocycles. The summed E-state index contributed by atoms with van der Waals surface area (Å²) in [5, 5.41) is 21.7. The van der Waals surface area contributed by atoms with Crippen molar-refractivity contribution in [3.05, 3.63) is 75.6 Å². The molecule has 2 aromatic carbocycles. The summed E-state index contributed by atoms with van der Waals surface area (Å²) in [4.78, 5) is 14.9. The predicted octanol–water partition coefficient (Wildman–Crippen LogP) is 4.64. The Kier molecular flexibility index (Phi) is 3.79. The number of thiophene rings is 1. The van der Waals surface area contributed by atoms with Crippen LogP contribution in [-0.2, 0) is 0 Å². The van der Waals surface area contributed by atoms with Crippen molar-refractivity contribution >= 4 is 21.6 Å². The lowest BCUT2D eigenvalue weighted by molar-refractivity contribution is 0.479. The first-order valence-corrected chi connectivity index (χ1v) is 8.59. The zero-order chi connectivity index (χ0) is 18.3. The monoisotopic (exact) mass is 362 g/mol. The Morgan fingerprint density at radius 2 is 1.81 bits per heavy atom. The van der Waals surface area contributed by atoms with Gasteiger partial charge in [-0.3, -0.25) is 4.79 Å². The van der Waals surface area contributed by atoms with E-state index in [1.807, 2.05) is 35.7 Å². The van der Waals surface area contributed by atoms with Crippen molar-refractivity contribution in [1.82, 2.24) is 4.98 Å². The number of fused-ring (bicyclic) bond motifs is 1. The van der Waals surface area contributed by atoms with Crippen molar-refractivity contribution < 1.29 is 9.50 Å². The van der Waals surface area contributed by atoms with Gasteiger partial charge in [-0.25, -0.2) is 4.39 Å². The van der Waals surface area contributed by atoms with Crippen LogP contribution in [0, 0.1) is 17.1 Å². The van der Waals surface area contributed by atoms with Crippen LogP contribution >= 0.6 is 11.3 Å². The van der Waals surface area contributed by atoms with E-state index in [0.717, 1.165) is 22.3 Å². The maximum absolute atomic E-state index is 13.4. The van der Waals surface area contributed by atoms with Crippen LogP contribution in [0.4, 0.5) is 4.39 Å². The third-order valence-corrected chi connectivity index (χ3v) is 5.08. The molecule has 0 atom stereocenters. The summed E-state index contributed by atoms with van der Waals surface area (Å²) < 4.78 is 13.4. The van der Waals surface area contributed by atoms with Crippen LogP contribution < -0.4 is 5.56 Å². The van der Waals surface area contributed by atoms with Crippen LogP contribution in [0.15, 0.2) is 58.7 Å². The number of H-pyrrole nitrogens is 1. The van der Waals surface area contributed by atoms with Crippen LogP contribution in [0.5, 0.6) is 5.75 Å². The number of hydrogen-bond donors (Lipinski definition) is 2. The molecule has 2 aromatic heterocycles. The van der Waals surface area contributed by atoms with Crippen molar-refractivity contribution in [3.8, 4) is 34.1 Å². The van der Waals surface area contributed by atoms with Crippen molar-refractivity contribution in [2.24, 2.45) is 0 Å². The molecular weight excluding hydrogens is 351 g/mol. The first-order valence-electron chi connectivity index (χ1n) is 7.71. The number of pyridine rings is 1. The Labute approximate surface area is 151 Å².